The van der Waals surface area contributed by atoms with E-state index in [1.807, 2.05) is 19.2 Å². The molecule has 66 valence electrons. The number of hydrogen-bond donors (Lipinski definition) is 1. The first-order valence-electron chi connectivity index (χ1n) is 3.88. The molecule has 1 N–H and O–H groups in total. The fourth-order valence-corrected chi connectivity index (χ4v) is 1.31. The molecule has 0 aliphatic rings. The van der Waals surface area contributed by atoms with Crippen LogP contribution in [-0.4, -0.2) is 17.0 Å². The van der Waals surface area contributed by atoms with Crippen molar-refractivity contribution >= 4 is 28.2 Å². The van der Waals surface area contributed by atoms with E-state index in [2.05, 4.69) is 15.3 Å². The molecule has 2 heterocycles. The number of fused-ring (bicyclic) bond motifs is 1. The third kappa shape index (κ3) is 1.55. The van der Waals surface area contributed by atoms with Crippen LogP contribution in [0.25, 0.3) is 10.8 Å². The second-order valence-corrected chi connectivity index (χ2v) is 3.06. The molecule has 0 fully saturated rings. The van der Waals surface area contributed by atoms with E-state index in [0.717, 1.165) is 16.6 Å². The maximum atomic E-state index is 5.76. The Hall–Kier alpha value is -1.35. The molecule has 0 unspecified atom stereocenters. The fourth-order valence-electron chi connectivity index (χ4n) is 1.15. The number of nitrogens with zero attached hydrogens (tertiary/aromatic N) is 2. The van der Waals surface area contributed by atoms with Crippen LogP contribution in [0.15, 0.2) is 24.5 Å². The summed E-state index contributed by atoms with van der Waals surface area (Å²) in [4.78, 5) is 8.13. The molecule has 0 bridgehead atoms. The van der Waals surface area contributed by atoms with Crippen LogP contribution in [0.3, 0.4) is 0 Å². The molecule has 0 saturated heterocycles. The van der Waals surface area contributed by atoms with Gasteiger partial charge in [0.05, 0.1) is 0 Å². The monoisotopic (exact) mass is 193 g/mol. The van der Waals surface area contributed by atoms with Crippen LogP contribution in [0.1, 0.15) is 0 Å². The van der Waals surface area contributed by atoms with Crippen LogP contribution in [0, 0.1) is 0 Å². The molecule has 3 nitrogen and oxygen atoms in total. The van der Waals surface area contributed by atoms with Crippen molar-refractivity contribution in [1.29, 1.82) is 0 Å². The van der Waals surface area contributed by atoms with E-state index >= 15 is 0 Å². The van der Waals surface area contributed by atoms with Gasteiger partial charge >= 0.3 is 0 Å². The van der Waals surface area contributed by atoms with Gasteiger partial charge in [0.1, 0.15) is 11.0 Å². The first-order chi connectivity index (χ1) is 6.29. The lowest BCUT2D eigenvalue weighted by atomic mass is 10.2. The van der Waals surface area contributed by atoms with E-state index in [1.54, 1.807) is 12.4 Å². The molecule has 0 aliphatic heterocycles. The topological polar surface area (TPSA) is 37.8 Å². The predicted molar refractivity (Wildman–Crippen MR) is 54.1 cm³/mol. The number of pyridine rings is 2. The lowest BCUT2D eigenvalue weighted by Gasteiger charge is -2.01. The van der Waals surface area contributed by atoms with Gasteiger partial charge in [0, 0.05) is 24.8 Å². The van der Waals surface area contributed by atoms with Crippen LogP contribution in [0.2, 0.25) is 5.15 Å². The van der Waals surface area contributed by atoms with Crippen molar-refractivity contribution in [2.45, 2.75) is 0 Å². The smallest absolute Gasteiger partial charge is 0.129 e. The van der Waals surface area contributed by atoms with Gasteiger partial charge in [0.25, 0.3) is 0 Å². The molecule has 0 aromatic carbocycles. The highest BCUT2D eigenvalue weighted by molar-refractivity contribution is 6.30. The molecule has 2 rings (SSSR count). The highest BCUT2D eigenvalue weighted by Gasteiger charge is 1.97. The van der Waals surface area contributed by atoms with Gasteiger partial charge in [-0.25, -0.2) is 9.97 Å². The highest BCUT2D eigenvalue weighted by Crippen LogP contribution is 2.18. The zero-order chi connectivity index (χ0) is 9.26. The molecule has 13 heavy (non-hydrogen) atoms. The number of hydrogen-bond acceptors (Lipinski definition) is 3. The standard InChI is InChI=1S/C9H8ClN3/c1-11-9-3-6-2-8(10)12-4-7(6)5-13-9/h2-5H,1H3,(H,11,13). The van der Waals surface area contributed by atoms with E-state index in [0.29, 0.717) is 5.15 Å². The average molecular weight is 194 g/mol. The molecule has 0 saturated carbocycles. The quantitative estimate of drug-likeness (QED) is 0.707. The van der Waals surface area contributed by atoms with Gasteiger partial charge in [-0.2, -0.15) is 0 Å². The first-order valence-corrected chi connectivity index (χ1v) is 4.26. The minimum absolute atomic E-state index is 0.501. The normalized spacial score (nSPS) is 10.3. The minimum atomic E-state index is 0.501. The molecule has 2 aromatic rings. The van der Waals surface area contributed by atoms with Gasteiger partial charge in [-0.1, -0.05) is 11.6 Å². The molecular formula is C9H8ClN3. The lowest BCUT2D eigenvalue weighted by molar-refractivity contribution is 1.29. The second kappa shape index (κ2) is 3.18. The number of halogens is 1. The fraction of sp³-hybridized carbons (Fsp3) is 0.111. The Morgan fingerprint density at radius 1 is 1.15 bits per heavy atom. The third-order valence-corrected chi connectivity index (χ3v) is 2.03. The predicted octanol–water partition coefficient (Wildman–Crippen LogP) is 2.32. The highest BCUT2D eigenvalue weighted by atomic mass is 35.5. The van der Waals surface area contributed by atoms with Crippen LogP contribution >= 0.6 is 11.6 Å². The summed E-state index contributed by atoms with van der Waals surface area (Å²) in [6.45, 7) is 0. The van der Waals surface area contributed by atoms with Crippen LogP contribution in [0.5, 0.6) is 0 Å². The zero-order valence-corrected chi connectivity index (χ0v) is 7.84. The summed E-state index contributed by atoms with van der Waals surface area (Å²) in [5.74, 6) is 0.828. The van der Waals surface area contributed by atoms with Crippen molar-refractivity contribution in [2.75, 3.05) is 12.4 Å². The third-order valence-electron chi connectivity index (χ3n) is 1.83. The molecular weight excluding hydrogens is 186 g/mol. The van der Waals surface area contributed by atoms with Gasteiger partial charge in [-0.05, 0) is 17.5 Å². The Balaban J connectivity index is 2.68. The van der Waals surface area contributed by atoms with Crippen LogP contribution in [0.4, 0.5) is 5.82 Å². The molecule has 0 spiro atoms. The Labute approximate surface area is 80.8 Å². The van der Waals surface area contributed by atoms with E-state index in [4.69, 9.17) is 11.6 Å². The Bertz CT molecular complexity index is 442. The Kier molecular flexibility index (Phi) is 2.02. The van der Waals surface area contributed by atoms with Crippen molar-refractivity contribution in [3.8, 4) is 0 Å². The van der Waals surface area contributed by atoms with Crippen molar-refractivity contribution in [2.24, 2.45) is 0 Å². The summed E-state index contributed by atoms with van der Waals surface area (Å²) >= 11 is 5.76. The zero-order valence-electron chi connectivity index (χ0n) is 7.08. The molecule has 2 aromatic heterocycles. The van der Waals surface area contributed by atoms with Crippen molar-refractivity contribution in [3.05, 3.63) is 29.7 Å². The maximum absolute atomic E-state index is 5.76. The molecule has 4 heteroatoms. The average Bonchev–Trinajstić information content (AvgIpc) is 2.16. The molecule has 0 aliphatic carbocycles. The van der Waals surface area contributed by atoms with Gasteiger partial charge in [0.2, 0.25) is 0 Å². The van der Waals surface area contributed by atoms with E-state index < -0.39 is 0 Å². The number of rotatable bonds is 1. The summed E-state index contributed by atoms with van der Waals surface area (Å²) in [5, 5.41) is 5.49. The van der Waals surface area contributed by atoms with Gasteiger partial charge in [-0.3, -0.25) is 0 Å². The Morgan fingerprint density at radius 2 is 1.92 bits per heavy atom. The van der Waals surface area contributed by atoms with Crippen LogP contribution in [-0.2, 0) is 0 Å². The molecule has 0 atom stereocenters. The van der Waals surface area contributed by atoms with E-state index in [9.17, 15) is 0 Å². The van der Waals surface area contributed by atoms with Gasteiger partial charge in [-0.15, -0.1) is 0 Å². The number of aromatic nitrogens is 2. The second-order valence-electron chi connectivity index (χ2n) is 2.67. The summed E-state index contributed by atoms with van der Waals surface area (Å²) in [5.41, 5.74) is 0. The number of anilines is 1. The molecule has 0 amide bonds. The van der Waals surface area contributed by atoms with E-state index in [-0.39, 0.29) is 0 Å². The Morgan fingerprint density at radius 3 is 2.69 bits per heavy atom. The van der Waals surface area contributed by atoms with E-state index in [1.165, 1.54) is 0 Å². The van der Waals surface area contributed by atoms with Gasteiger partial charge < -0.3 is 5.32 Å². The summed E-state index contributed by atoms with van der Waals surface area (Å²) < 4.78 is 0. The summed E-state index contributed by atoms with van der Waals surface area (Å²) in [6, 6.07) is 3.75. The largest absolute Gasteiger partial charge is 0.373 e. The molecule has 0 radical (unpaired) electrons. The summed E-state index contributed by atoms with van der Waals surface area (Å²) in [7, 11) is 1.83. The SMILES string of the molecule is CNc1cc2cc(Cl)ncc2cn1. The lowest BCUT2D eigenvalue weighted by Crippen LogP contribution is -1.91. The minimum Gasteiger partial charge on any atom is -0.373 e. The van der Waals surface area contributed by atoms with Crippen molar-refractivity contribution in [1.82, 2.24) is 9.97 Å². The van der Waals surface area contributed by atoms with Crippen molar-refractivity contribution < 1.29 is 0 Å². The maximum Gasteiger partial charge on any atom is 0.129 e. The van der Waals surface area contributed by atoms with Gasteiger partial charge in [0.15, 0.2) is 0 Å². The number of nitrogens with one attached hydrogen (secondary N) is 1. The van der Waals surface area contributed by atoms with Crippen molar-refractivity contribution in [3.63, 3.8) is 0 Å². The summed E-state index contributed by atoms with van der Waals surface area (Å²) in [6.07, 6.45) is 3.48. The first kappa shape index (κ1) is 8.26. The van der Waals surface area contributed by atoms with Crippen LogP contribution < -0.4 is 5.32 Å².